The highest BCUT2D eigenvalue weighted by atomic mass is 16.1. The maximum Gasteiger partial charge on any atom is 0.253 e. The van der Waals surface area contributed by atoms with Gasteiger partial charge in [0.1, 0.15) is 0 Å². The highest BCUT2D eigenvalue weighted by Crippen LogP contribution is 2.25. The molecule has 1 aromatic heterocycles. The van der Waals surface area contributed by atoms with E-state index in [2.05, 4.69) is 39.5 Å². The first-order valence-electron chi connectivity index (χ1n) is 9.18. The zero-order valence-corrected chi connectivity index (χ0v) is 15.0. The van der Waals surface area contributed by atoms with Crippen LogP contribution in [0.2, 0.25) is 0 Å². The van der Waals surface area contributed by atoms with Crippen molar-refractivity contribution in [2.75, 3.05) is 18.0 Å². The van der Waals surface area contributed by atoms with Gasteiger partial charge in [0.25, 0.3) is 5.91 Å². The Morgan fingerprint density at radius 3 is 2.81 bits per heavy atom. The van der Waals surface area contributed by atoms with E-state index in [9.17, 15) is 4.79 Å². The molecular weight excluding hydrogens is 322 g/mol. The fourth-order valence-electron chi connectivity index (χ4n) is 3.74. The number of benzene rings is 2. The summed E-state index contributed by atoms with van der Waals surface area (Å²) in [5.41, 5.74) is 3.57. The number of hydrogen-bond donors (Lipinski definition) is 1. The first-order valence-corrected chi connectivity index (χ1v) is 9.18. The van der Waals surface area contributed by atoms with Gasteiger partial charge in [-0.15, -0.1) is 0 Å². The monoisotopic (exact) mass is 345 g/mol. The summed E-state index contributed by atoms with van der Waals surface area (Å²) in [5, 5.41) is 4.13. The molecule has 0 spiro atoms. The standard InChI is InChI=1S/C22H23N3O/c1-16-12-13-17-7-5-11-20(21(17)24-16)22(26)23-15-19-10-6-14-25(19)18-8-3-2-4-9-18/h2-5,7-9,11-13,19H,6,10,14-15H2,1H3,(H,23,26). The van der Waals surface area contributed by atoms with Gasteiger partial charge in [0.15, 0.2) is 0 Å². The van der Waals surface area contributed by atoms with Gasteiger partial charge in [0.2, 0.25) is 0 Å². The summed E-state index contributed by atoms with van der Waals surface area (Å²) in [5.74, 6) is -0.0476. The van der Waals surface area contributed by atoms with Gasteiger partial charge < -0.3 is 10.2 Å². The van der Waals surface area contributed by atoms with Crippen molar-refractivity contribution < 1.29 is 4.79 Å². The minimum atomic E-state index is -0.0476. The lowest BCUT2D eigenvalue weighted by molar-refractivity contribution is 0.0953. The zero-order valence-electron chi connectivity index (χ0n) is 15.0. The molecule has 0 bridgehead atoms. The largest absolute Gasteiger partial charge is 0.367 e. The van der Waals surface area contributed by atoms with Crippen molar-refractivity contribution in [3.05, 3.63) is 71.9 Å². The molecule has 1 amide bonds. The Morgan fingerprint density at radius 2 is 1.96 bits per heavy atom. The molecule has 0 saturated carbocycles. The molecule has 1 unspecified atom stereocenters. The number of para-hydroxylation sites is 2. The van der Waals surface area contributed by atoms with Crippen LogP contribution in [0.3, 0.4) is 0 Å². The number of anilines is 1. The molecule has 1 aliphatic rings. The van der Waals surface area contributed by atoms with Crippen molar-refractivity contribution in [3.8, 4) is 0 Å². The van der Waals surface area contributed by atoms with Crippen LogP contribution in [0.5, 0.6) is 0 Å². The summed E-state index contributed by atoms with van der Waals surface area (Å²) in [4.78, 5) is 19.8. The fraction of sp³-hybridized carbons (Fsp3) is 0.273. The highest BCUT2D eigenvalue weighted by molar-refractivity contribution is 6.05. The molecule has 132 valence electrons. The maximum absolute atomic E-state index is 12.8. The summed E-state index contributed by atoms with van der Waals surface area (Å²) in [6, 6.07) is 20.5. The zero-order chi connectivity index (χ0) is 17.9. The lowest BCUT2D eigenvalue weighted by Crippen LogP contribution is -2.40. The molecule has 2 aromatic carbocycles. The molecule has 2 heterocycles. The third kappa shape index (κ3) is 3.27. The molecule has 1 aliphatic heterocycles. The van der Waals surface area contributed by atoms with Crippen molar-refractivity contribution in [1.29, 1.82) is 0 Å². The van der Waals surface area contributed by atoms with E-state index in [4.69, 9.17) is 0 Å². The first-order chi connectivity index (χ1) is 12.7. The van der Waals surface area contributed by atoms with E-state index in [0.717, 1.165) is 36.0 Å². The van der Waals surface area contributed by atoms with E-state index in [1.54, 1.807) is 0 Å². The van der Waals surface area contributed by atoms with E-state index in [1.165, 1.54) is 5.69 Å². The van der Waals surface area contributed by atoms with Gasteiger partial charge in [-0.25, -0.2) is 0 Å². The third-order valence-corrected chi connectivity index (χ3v) is 5.07. The average molecular weight is 345 g/mol. The summed E-state index contributed by atoms with van der Waals surface area (Å²) in [6.07, 6.45) is 2.26. The number of hydrogen-bond acceptors (Lipinski definition) is 3. The molecule has 1 atom stereocenters. The molecule has 0 radical (unpaired) electrons. The smallest absolute Gasteiger partial charge is 0.253 e. The highest BCUT2D eigenvalue weighted by Gasteiger charge is 2.25. The SMILES string of the molecule is Cc1ccc2cccc(C(=O)NCC3CCCN3c3ccccc3)c2n1. The molecule has 26 heavy (non-hydrogen) atoms. The van der Waals surface area contributed by atoms with Gasteiger partial charge in [0, 0.05) is 35.9 Å². The second-order valence-electron chi connectivity index (χ2n) is 6.86. The quantitative estimate of drug-likeness (QED) is 0.779. The number of rotatable bonds is 4. The minimum absolute atomic E-state index is 0.0476. The molecule has 1 fully saturated rings. The Balaban J connectivity index is 1.50. The number of fused-ring (bicyclic) bond motifs is 1. The molecule has 4 nitrogen and oxygen atoms in total. The lowest BCUT2D eigenvalue weighted by atomic mass is 10.1. The third-order valence-electron chi connectivity index (χ3n) is 5.07. The Morgan fingerprint density at radius 1 is 1.12 bits per heavy atom. The van der Waals surface area contributed by atoms with Crippen molar-refractivity contribution >= 4 is 22.5 Å². The average Bonchev–Trinajstić information content (AvgIpc) is 3.15. The Kier molecular flexibility index (Phi) is 4.57. The molecular formula is C22H23N3O. The second kappa shape index (κ2) is 7.16. The van der Waals surface area contributed by atoms with Crippen LogP contribution in [0, 0.1) is 6.92 Å². The van der Waals surface area contributed by atoms with Crippen LogP contribution in [-0.2, 0) is 0 Å². The van der Waals surface area contributed by atoms with Crippen molar-refractivity contribution in [2.45, 2.75) is 25.8 Å². The summed E-state index contributed by atoms with van der Waals surface area (Å²) < 4.78 is 0. The fourth-order valence-corrected chi connectivity index (χ4v) is 3.74. The van der Waals surface area contributed by atoms with E-state index in [0.29, 0.717) is 18.2 Å². The normalized spacial score (nSPS) is 16.8. The minimum Gasteiger partial charge on any atom is -0.367 e. The van der Waals surface area contributed by atoms with Crippen LogP contribution in [0.4, 0.5) is 5.69 Å². The van der Waals surface area contributed by atoms with E-state index >= 15 is 0 Å². The first kappa shape index (κ1) is 16.6. The van der Waals surface area contributed by atoms with Gasteiger partial charge in [-0.3, -0.25) is 9.78 Å². The van der Waals surface area contributed by atoms with Crippen LogP contribution in [-0.4, -0.2) is 30.0 Å². The summed E-state index contributed by atoms with van der Waals surface area (Å²) >= 11 is 0. The van der Waals surface area contributed by atoms with Gasteiger partial charge >= 0.3 is 0 Å². The maximum atomic E-state index is 12.8. The number of pyridine rings is 1. The van der Waals surface area contributed by atoms with Gasteiger partial charge in [-0.1, -0.05) is 36.4 Å². The van der Waals surface area contributed by atoms with Gasteiger partial charge in [-0.05, 0) is 44.0 Å². The summed E-state index contributed by atoms with van der Waals surface area (Å²) in [7, 11) is 0. The van der Waals surface area contributed by atoms with Crippen molar-refractivity contribution in [3.63, 3.8) is 0 Å². The summed E-state index contributed by atoms with van der Waals surface area (Å²) in [6.45, 7) is 3.64. The number of aryl methyl sites for hydroxylation is 1. The number of nitrogens with zero attached hydrogens (tertiary/aromatic N) is 2. The van der Waals surface area contributed by atoms with E-state index < -0.39 is 0 Å². The Hall–Kier alpha value is -2.88. The topological polar surface area (TPSA) is 45.2 Å². The number of carbonyl (C=O) groups excluding carboxylic acids is 1. The molecule has 4 rings (SSSR count). The van der Waals surface area contributed by atoms with Crippen LogP contribution in [0.1, 0.15) is 28.9 Å². The molecule has 1 N–H and O–H groups in total. The number of amides is 1. The van der Waals surface area contributed by atoms with E-state index in [-0.39, 0.29) is 5.91 Å². The number of carbonyl (C=O) groups is 1. The number of aromatic nitrogens is 1. The molecule has 0 aliphatic carbocycles. The van der Waals surface area contributed by atoms with Crippen LogP contribution < -0.4 is 10.2 Å². The lowest BCUT2D eigenvalue weighted by Gasteiger charge is -2.27. The Bertz CT molecular complexity index is 923. The molecule has 3 aromatic rings. The van der Waals surface area contributed by atoms with Crippen LogP contribution in [0.15, 0.2) is 60.7 Å². The second-order valence-corrected chi connectivity index (χ2v) is 6.86. The Labute approximate surface area is 153 Å². The number of nitrogens with one attached hydrogen (secondary N) is 1. The molecule has 1 saturated heterocycles. The predicted molar refractivity (Wildman–Crippen MR) is 106 cm³/mol. The van der Waals surface area contributed by atoms with Gasteiger partial charge in [-0.2, -0.15) is 0 Å². The van der Waals surface area contributed by atoms with Crippen molar-refractivity contribution in [1.82, 2.24) is 10.3 Å². The molecule has 4 heteroatoms. The predicted octanol–water partition coefficient (Wildman–Crippen LogP) is 3.94. The van der Waals surface area contributed by atoms with Crippen molar-refractivity contribution in [2.24, 2.45) is 0 Å². The van der Waals surface area contributed by atoms with Gasteiger partial charge in [0.05, 0.1) is 11.1 Å². The van der Waals surface area contributed by atoms with Crippen LogP contribution >= 0.6 is 0 Å². The van der Waals surface area contributed by atoms with Crippen LogP contribution in [0.25, 0.3) is 10.9 Å². The van der Waals surface area contributed by atoms with E-state index in [1.807, 2.05) is 43.3 Å².